The lowest BCUT2D eigenvalue weighted by molar-refractivity contribution is 0.0696. The van der Waals surface area contributed by atoms with Crippen LogP contribution in [-0.2, 0) is 4.74 Å². The van der Waals surface area contributed by atoms with E-state index < -0.39 is 5.97 Å². The number of fused-ring (bicyclic) bond motifs is 2. The summed E-state index contributed by atoms with van der Waals surface area (Å²) >= 11 is 0. The number of rotatable bonds is 2. The van der Waals surface area contributed by atoms with Crippen molar-refractivity contribution in [1.29, 1.82) is 0 Å². The Bertz CT molecular complexity index is 418. The van der Waals surface area contributed by atoms with Crippen molar-refractivity contribution in [1.82, 2.24) is 9.97 Å². The van der Waals surface area contributed by atoms with Crippen molar-refractivity contribution in [3.05, 3.63) is 23.8 Å². The average Bonchev–Trinajstić information content (AvgIpc) is 2.91. The molecule has 3 rings (SSSR count). The minimum absolute atomic E-state index is 0.132. The minimum atomic E-state index is -0.990. The van der Waals surface area contributed by atoms with Gasteiger partial charge in [0.2, 0.25) is 0 Å². The van der Waals surface area contributed by atoms with E-state index in [0.29, 0.717) is 6.10 Å². The van der Waals surface area contributed by atoms with E-state index in [-0.39, 0.29) is 17.6 Å². The number of hydrogen-bond donors (Lipinski definition) is 1. The van der Waals surface area contributed by atoms with Crippen LogP contribution in [0.5, 0.6) is 0 Å². The first-order chi connectivity index (χ1) is 7.74. The Balaban J connectivity index is 1.82. The summed E-state index contributed by atoms with van der Waals surface area (Å²) in [6.45, 7) is 0. The molecule has 1 aromatic rings. The lowest BCUT2D eigenvalue weighted by Gasteiger charge is -2.16. The van der Waals surface area contributed by atoms with E-state index in [1.54, 1.807) is 0 Å². The lowest BCUT2D eigenvalue weighted by Crippen LogP contribution is -2.17. The molecule has 0 aromatic carbocycles. The van der Waals surface area contributed by atoms with Crippen LogP contribution >= 0.6 is 0 Å². The van der Waals surface area contributed by atoms with E-state index in [4.69, 9.17) is 9.84 Å². The first-order valence-corrected chi connectivity index (χ1v) is 5.45. The van der Waals surface area contributed by atoms with Crippen molar-refractivity contribution in [2.24, 2.45) is 0 Å². The molecule has 2 fully saturated rings. The molecular formula is C11H12N2O3. The summed E-state index contributed by atoms with van der Waals surface area (Å²) in [5.41, 5.74) is 0.132. The molecular weight excluding hydrogens is 208 g/mol. The normalized spacial score (nSPS) is 31.9. The van der Waals surface area contributed by atoms with Gasteiger partial charge in [-0.15, -0.1) is 0 Å². The van der Waals surface area contributed by atoms with Crippen LogP contribution in [0.25, 0.3) is 0 Å². The fourth-order valence-corrected chi connectivity index (χ4v) is 2.55. The number of aromatic carboxylic acids is 1. The zero-order valence-corrected chi connectivity index (χ0v) is 8.67. The minimum Gasteiger partial charge on any atom is -0.478 e. The lowest BCUT2D eigenvalue weighted by atomic mass is 9.88. The second-order valence-corrected chi connectivity index (χ2v) is 4.35. The third-order valence-electron chi connectivity index (χ3n) is 3.36. The van der Waals surface area contributed by atoms with Crippen LogP contribution in [0.2, 0.25) is 0 Å². The molecule has 84 valence electrons. The third-order valence-corrected chi connectivity index (χ3v) is 3.36. The van der Waals surface area contributed by atoms with Gasteiger partial charge in [-0.3, -0.25) is 0 Å². The number of ether oxygens (including phenoxy) is 1. The first-order valence-electron chi connectivity index (χ1n) is 5.45. The van der Waals surface area contributed by atoms with Gasteiger partial charge in [-0.1, -0.05) is 0 Å². The number of nitrogens with zero attached hydrogens (tertiary/aromatic N) is 2. The Morgan fingerprint density at radius 3 is 2.62 bits per heavy atom. The molecule has 2 bridgehead atoms. The summed E-state index contributed by atoms with van der Waals surface area (Å²) in [6.07, 6.45) is 6.51. The molecule has 0 aliphatic carbocycles. The van der Waals surface area contributed by atoms with Gasteiger partial charge in [-0.05, 0) is 19.3 Å². The summed E-state index contributed by atoms with van der Waals surface area (Å²) < 4.78 is 5.72. The van der Waals surface area contributed by atoms with Gasteiger partial charge in [0.25, 0.3) is 0 Å². The highest BCUT2D eigenvalue weighted by Crippen LogP contribution is 2.43. The van der Waals surface area contributed by atoms with Gasteiger partial charge in [0.15, 0.2) is 0 Å². The molecule has 0 spiro atoms. The number of carboxylic acids is 1. The Kier molecular flexibility index (Phi) is 2.14. The maximum absolute atomic E-state index is 10.7. The summed E-state index contributed by atoms with van der Waals surface area (Å²) in [5.74, 6) is -0.0189. The molecule has 0 saturated carbocycles. The first kappa shape index (κ1) is 9.72. The quantitative estimate of drug-likeness (QED) is 0.811. The van der Waals surface area contributed by atoms with Gasteiger partial charge in [0, 0.05) is 18.3 Å². The molecule has 5 heteroatoms. The molecule has 3 heterocycles. The van der Waals surface area contributed by atoms with E-state index in [9.17, 15) is 4.79 Å². The van der Waals surface area contributed by atoms with Crippen molar-refractivity contribution in [2.45, 2.75) is 37.4 Å². The van der Waals surface area contributed by atoms with Crippen molar-refractivity contribution >= 4 is 5.97 Å². The SMILES string of the molecule is O=C(O)c1cnc(C2CC3CCC2O3)nc1. The van der Waals surface area contributed by atoms with E-state index >= 15 is 0 Å². The van der Waals surface area contributed by atoms with Gasteiger partial charge in [-0.2, -0.15) is 0 Å². The molecule has 5 nitrogen and oxygen atoms in total. The highest BCUT2D eigenvalue weighted by molar-refractivity contribution is 5.86. The van der Waals surface area contributed by atoms with Gasteiger partial charge in [0.1, 0.15) is 5.82 Å². The third kappa shape index (κ3) is 1.48. The molecule has 1 N–H and O–H groups in total. The van der Waals surface area contributed by atoms with E-state index in [2.05, 4.69) is 9.97 Å². The van der Waals surface area contributed by atoms with Gasteiger partial charge in [-0.25, -0.2) is 14.8 Å². The average molecular weight is 220 g/mol. The Hall–Kier alpha value is -1.49. The Labute approximate surface area is 92.5 Å². The van der Waals surface area contributed by atoms with Crippen LogP contribution in [0.1, 0.15) is 41.4 Å². The van der Waals surface area contributed by atoms with Crippen LogP contribution in [-0.4, -0.2) is 33.3 Å². The van der Waals surface area contributed by atoms with E-state index in [1.807, 2.05) is 0 Å². The molecule has 0 amide bonds. The maximum atomic E-state index is 10.7. The van der Waals surface area contributed by atoms with Gasteiger partial charge < -0.3 is 9.84 Å². The number of aromatic nitrogens is 2. The maximum Gasteiger partial charge on any atom is 0.338 e. The zero-order valence-electron chi connectivity index (χ0n) is 8.67. The standard InChI is InChI=1S/C11H12N2O3/c14-11(15)6-4-12-10(13-5-6)8-3-7-1-2-9(8)16-7/h4-5,7-9H,1-3H2,(H,14,15). The predicted molar refractivity (Wildman–Crippen MR) is 54.2 cm³/mol. The Morgan fingerprint density at radius 1 is 1.38 bits per heavy atom. The van der Waals surface area contributed by atoms with E-state index in [0.717, 1.165) is 25.1 Å². The molecule has 16 heavy (non-hydrogen) atoms. The van der Waals surface area contributed by atoms with Crippen LogP contribution < -0.4 is 0 Å². The molecule has 3 unspecified atom stereocenters. The second kappa shape index (κ2) is 3.52. The highest BCUT2D eigenvalue weighted by Gasteiger charge is 2.42. The highest BCUT2D eigenvalue weighted by atomic mass is 16.5. The Morgan fingerprint density at radius 2 is 2.12 bits per heavy atom. The summed E-state index contributed by atoms with van der Waals surface area (Å²) in [4.78, 5) is 18.9. The summed E-state index contributed by atoms with van der Waals surface area (Å²) in [5, 5.41) is 8.74. The van der Waals surface area contributed by atoms with Crippen molar-refractivity contribution in [2.75, 3.05) is 0 Å². The molecule has 0 radical (unpaired) electrons. The van der Waals surface area contributed by atoms with Crippen LogP contribution in [0.4, 0.5) is 0 Å². The molecule has 1 aromatic heterocycles. The van der Waals surface area contributed by atoms with Crippen LogP contribution in [0.15, 0.2) is 12.4 Å². The van der Waals surface area contributed by atoms with Gasteiger partial charge >= 0.3 is 5.97 Å². The largest absolute Gasteiger partial charge is 0.478 e. The molecule has 2 aliphatic heterocycles. The topological polar surface area (TPSA) is 72.3 Å². The number of carbonyl (C=O) groups is 1. The van der Waals surface area contributed by atoms with Crippen molar-refractivity contribution < 1.29 is 14.6 Å². The fraction of sp³-hybridized carbons (Fsp3) is 0.545. The number of hydrogen-bond acceptors (Lipinski definition) is 4. The van der Waals surface area contributed by atoms with Crippen LogP contribution in [0, 0.1) is 0 Å². The van der Waals surface area contributed by atoms with Crippen LogP contribution in [0.3, 0.4) is 0 Å². The molecule has 2 saturated heterocycles. The van der Waals surface area contributed by atoms with Gasteiger partial charge in [0.05, 0.1) is 17.8 Å². The smallest absolute Gasteiger partial charge is 0.338 e. The summed E-state index contributed by atoms with van der Waals surface area (Å²) in [7, 11) is 0. The predicted octanol–water partition coefficient (Wildman–Crippen LogP) is 1.21. The molecule has 2 aliphatic rings. The van der Waals surface area contributed by atoms with E-state index in [1.165, 1.54) is 12.4 Å². The second-order valence-electron chi connectivity index (χ2n) is 4.35. The number of carboxylic acid groups (broad SMARTS) is 1. The zero-order chi connectivity index (χ0) is 11.1. The fourth-order valence-electron chi connectivity index (χ4n) is 2.55. The van der Waals surface area contributed by atoms with Crippen molar-refractivity contribution in [3.63, 3.8) is 0 Å². The molecule has 3 atom stereocenters. The summed E-state index contributed by atoms with van der Waals surface area (Å²) in [6, 6.07) is 0. The monoisotopic (exact) mass is 220 g/mol. The van der Waals surface area contributed by atoms with Crippen molar-refractivity contribution in [3.8, 4) is 0 Å².